The summed E-state index contributed by atoms with van der Waals surface area (Å²) in [5.74, 6) is 0. The van der Waals surface area contributed by atoms with Crippen LogP contribution in [0, 0.1) is 0 Å². The lowest BCUT2D eigenvalue weighted by Gasteiger charge is -1.68. The second-order valence-corrected chi connectivity index (χ2v) is 0.427. The minimum absolute atomic E-state index is 0.531. The number of rotatable bonds is 1. The van der Waals surface area contributed by atoms with Gasteiger partial charge >= 0.3 is 0 Å². The molecule has 0 aliphatic carbocycles. The standard InChI is InChI=1S/C4H10/c1-3-4-2/h3-4H2,1-2H3/i1D,3D2,4D2. The van der Waals surface area contributed by atoms with Gasteiger partial charge in [0.1, 0.15) is 0 Å². The summed E-state index contributed by atoms with van der Waals surface area (Å²) in [4.78, 5) is 0. The van der Waals surface area contributed by atoms with E-state index in [4.69, 9.17) is 6.85 Å². The van der Waals surface area contributed by atoms with Crippen molar-refractivity contribution in [2.45, 2.75) is 26.6 Å². The third kappa shape index (κ3) is 2.00. The lowest BCUT2D eigenvalue weighted by molar-refractivity contribution is 0.886. The summed E-state index contributed by atoms with van der Waals surface area (Å²) < 4.78 is 34.3. The van der Waals surface area contributed by atoms with E-state index < -0.39 is 19.6 Å². The van der Waals surface area contributed by atoms with Crippen LogP contribution in [-0.2, 0) is 0 Å². The molecule has 0 unspecified atom stereocenters. The molecule has 0 saturated heterocycles. The first kappa shape index (κ1) is 0.562. The summed E-state index contributed by atoms with van der Waals surface area (Å²) in [5, 5.41) is 0. The van der Waals surface area contributed by atoms with Crippen LogP contribution in [0.1, 0.15) is 33.4 Å². The van der Waals surface area contributed by atoms with Gasteiger partial charge in [-0.3, -0.25) is 0 Å². The molecule has 0 fully saturated rings. The van der Waals surface area contributed by atoms with Crippen LogP contribution in [0.3, 0.4) is 0 Å². The van der Waals surface area contributed by atoms with Crippen molar-refractivity contribution in [1.29, 1.82) is 0 Å². The fourth-order valence-corrected chi connectivity index (χ4v) is 0. The van der Waals surface area contributed by atoms with Gasteiger partial charge in [0, 0.05) is 6.85 Å². The maximum Gasteiger partial charge on any atom is 0.0264 e. The molecule has 0 amide bonds. The molecule has 0 saturated carbocycles. The monoisotopic (exact) mass is 63.1 g/mol. The van der Waals surface area contributed by atoms with Crippen LogP contribution < -0.4 is 0 Å². The average molecular weight is 63.2 g/mol. The van der Waals surface area contributed by atoms with E-state index in [0.29, 0.717) is 0 Å². The highest BCUT2D eigenvalue weighted by Gasteiger charge is 1.56. The SMILES string of the molecule is [2H]CC([2H])([2H])C([2H])([2H])C. The maximum absolute atomic E-state index is 6.93. The van der Waals surface area contributed by atoms with E-state index in [1.807, 2.05) is 0 Å². The van der Waals surface area contributed by atoms with E-state index in [-0.39, 0.29) is 0 Å². The maximum atomic E-state index is 6.93. The molecule has 0 aromatic carbocycles. The number of hydrogen-bond donors (Lipinski definition) is 0. The summed E-state index contributed by atoms with van der Waals surface area (Å²) in [6.07, 6.45) is -3.93. The van der Waals surface area contributed by atoms with Gasteiger partial charge in [0.15, 0.2) is 0 Å². The minimum atomic E-state index is -2.02. The summed E-state index contributed by atoms with van der Waals surface area (Å²) >= 11 is 0. The highest BCUT2D eigenvalue weighted by molar-refractivity contribution is 4.12. The van der Waals surface area contributed by atoms with Crippen molar-refractivity contribution in [2.24, 2.45) is 0 Å². The molecule has 26 valence electrons. The van der Waals surface area contributed by atoms with Crippen LogP contribution in [0.2, 0.25) is 0 Å². The molecule has 0 aliphatic rings. The molecule has 0 aromatic rings. The zero-order valence-corrected chi connectivity index (χ0v) is 2.71. The molecule has 0 heteroatoms. The largest absolute Gasteiger partial charge is 0.0654 e. The van der Waals surface area contributed by atoms with Crippen LogP contribution in [-0.4, -0.2) is 0 Å². The molecule has 0 radical (unpaired) electrons. The van der Waals surface area contributed by atoms with Crippen molar-refractivity contribution >= 4 is 0 Å². The smallest absolute Gasteiger partial charge is 0.0264 e. The molecule has 0 atom stereocenters. The topological polar surface area (TPSA) is 0 Å². The molecule has 0 aromatic heterocycles. The first-order chi connectivity index (χ1) is 3.81. The van der Waals surface area contributed by atoms with Crippen molar-refractivity contribution in [3.63, 3.8) is 0 Å². The zero-order valence-electron chi connectivity index (χ0n) is 7.71. The van der Waals surface area contributed by atoms with Crippen molar-refractivity contribution in [3.05, 3.63) is 0 Å². The first-order valence-electron chi connectivity index (χ1n) is 3.81. The van der Waals surface area contributed by atoms with Crippen molar-refractivity contribution in [3.8, 4) is 0 Å². The average Bonchev–Trinajstić information content (AvgIpc) is 1.64. The fraction of sp³-hybridized carbons (Fsp3) is 1.00. The quantitative estimate of drug-likeness (QED) is 0.435. The Bertz CT molecular complexity index is 91.6. The summed E-state index contributed by atoms with van der Waals surface area (Å²) in [7, 11) is 0. The Morgan fingerprint density at radius 1 is 2.00 bits per heavy atom. The normalized spacial score (nSPS) is 32.8. The van der Waals surface area contributed by atoms with Gasteiger partial charge in [-0.1, -0.05) is 26.6 Å². The van der Waals surface area contributed by atoms with E-state index in [2.05, 4.69) is 0 Å². The van der Waals surface area contributed by atoms with Gasteiger partial charge in [-0.15, -0.1) is 0 Å². The Balaban J connectivity index is 4.14. The second kappa shape index (κ2) is 3.00. The fourth-order valence-electron chi connectivity index (χ4n) is 0. The molecule has 0 N–H and O–H groups in total. The van der Waals surface area contributed by atoms with Gasteiger partial charge < -0.3 is 0 Å². The Hall–Kier alpha value is 0. The molecule has 0 nitrogen and oxygen atoms in total. The van der Waals surface area contributed by atoms with Crippen molar-refractivity contribution in [1.82, 2.24) is 0 Å². The van der Waals surface area contributed by atoms with Crippen LogP contribution in [0.5, 0.6) is 0 Å². The van der Waals surface area contributed by atoms with E-state index in [1.165, 1.54) is 0 Å². The van der Waals surface area contributed by atoms with E-state index in [1.54, 1.807) is 0 Å². The molecular formula is C4H10. The number of hydrogen-bond acceptors (Lipinski definition) is 0. The zero-order chi connectivity index (χ0) is 7.71. The van der Waals surface area contributed by atoms with Gasteiger partial charge in [0.05, 0.1) is 0 Å². The summed E-state index contributed by atoms with van der Waals surface area (Å²) in [5.41, 5.74) is 0. The Kier molecular flexibility index (Phi) is 0.422. The Morgan fingerprint density at radius 3 is 2.75 bits per heavy atom. The van der Waals surface area contributed by atoms with Gasteiger partial charge in [-0.05, 0) is 0 Å². The Morgan fingerprint density at radius 2 is 2.75 bits per heavy atom. The van der Waals surface area contributed by atoms with Crippen LogP contribution >= 0.6 is 0 Å². The third-order valence-electron chi connectivity index (χ3n) is 0.177. The van der Waals surface area contributed by atoms with Gasteiger partial charge in [-0.2, -0.15) is 0 Å². The summed E-state index contributed by atoms with van der Waals surface area (Å²) in [6.45, 7) is 0.609. The molecular weight excluding hydrogens is 48.0 g/mol. The Labute approximate surface area is 34.9 Å². The third-order valence-corrected chi connectivity index (χ3v) is 0.177. The lowest BCUT2D eigenvalue weighted by Crippen LogP contribution is -1.47. The van der Waals surface area contributed by atoms with Crippen LogP contribution in [0.4, 0.5) is 0 Å². The molecule has 0 bridgehead atoms. The minimum Gasteiger partial charge on any atom is -0.0654 e. The molecule has 0 spiro atoms. The van der Waals surface area contributed by atoms with Crippen LogP contribution in [0.25, 0.3) is 0 Å². The molecule has 0 rings (SSSR count). The van der Waals surface area contributed by atoms with Crippen molar-refractivity contribution in [2.75, 3.05) is 0 Å². The molecule has 0 heterocycles. The highest BCUT2D eigenvalue weighted by Crippen LogP contribution is 1.76. The first-order valence-corrected chi connectivity index (χ1v) is 1.10. The van der Waals surface area contributed by atoms with Crippen molar-refractivity contribution < 1.29 is 6.85 Å². The second-order valence-electron chi connectivity index (χ2n) is 0.427. The predicted octanol–water partition coefficient (Wildman–Crippen LogP) is 1.81. The van der Waals surface area contributed by atoms with Gasteiger partial charge in [-0.25, -0.2) is 0 Å². The molecule has 0 aliphatic heterocycles. The predicted molar refractivity (Wildman–Crippen MR) is 20.6 cm³/mol. The lowest BCUT2D eigenvalue weighted by atomic mass is 10.4. The summed E-state index contributed by atoms with van der Waals surface area (Å²) in [6, 6.07) is 0. The van der Waals surface area contributed by atoms with E-state index in [0.717, 1.165) is 6.92 Å². The highest BCUT2D eigenvalue weighted by atomic mass is 13.6. The molecule has 4 heavy (non-hydrogen) atoms. The van der Waals surface area contributed by atoms with E-state index in [9.17, 15) is 0 Å². The van der Waals surface area contributed by atoms with Gasteiger partial charge in [0.2, 0.25) is 0 Å². The van der Waals surface area contributed by atoms with Crippen LogP contribution in [0.15, 0.2) is 0 Å². The van der Waals surface area contributed by atoms with Gasteiger partial charge in [0.25, 0.3) is 0 Å². The van der Waals surface area contributed by atoms with E-state index >= 15 is 0 Å².